The molecule has 21 heavy (non-hydrogen) atoms. The van der Waals surface area contributed by atoms with Crippen LogP contribution in [0.2, 0.25) is 0 Å². The maximum Gasteiger partial charge on any atom is 0.124 e. The summed E-state index contributed by atoms with van der Waals surface area (Å²) in [7, 11) is 3.64. The SMILES string of the molecule is CCOC(C)(CC)C(NC)c1ccccc1OCCOC. The van der Waals surface area contributed by atoms with Crippen molar-refractivity contribution in [3.05, 3.63) is 29.8 Å². The number of benzene rings is 1. The highest BCUT2D eigenvalue weighted by Crippen LogP contribution is 2.36. The summed E-state index contributed by atoms with van der Waals surface area (Å²) in [5.41, 5.74) is 0.846. The van der Waals surface area contributed by atoms with Crippen molar-refractivity contribution >= 4 is 0 Å². The lowest BCUT2D eigenvalue weighted by Crippen LogP contribution is -2.42. The number of para-hydroxylation sites is 1. The molecule has 2 unspecified atom stereocenters. The van der Waals surface area contributed by atoms with Crippen LogP contribution < -0.4 is 10.1 Å². The molecule has 0 fully saturated rings. The molecule has 0 aromatic heterocycles. The van der Waals surface area contributed by atoms with Crippen LogP contribution in [-0.2, 0) is 9.47 Å². The molecule has 0 radical (unpaired) electrons. The first-order valence-electron chi connectivity index (χ1n) is 7.64. The molecule has 1 aromatic rings. The van der Waals surface area contributed by atoms with E-state index in [2.05, 4.69) is 25.2 Å². The molecule has 0 saturated heterocycles. The van der Waals surface area contributed by atoms with Crippen LogP contribution in [0, 0.1) is 0 Å². The van der Waals surface area contributed by atoms with Gasteiger partial charge in [0.25, 0.3) is 0 Å². The predicted molar refractivity (Wildman–Crippen MR) is 85.9 cm³/mol. The van der Waals surface area contributed by atoms with Gasteiger partial charge in [-0.2, -0.15) is 0 Å². The molecule has 0 aliphatic heterocycles. The zero-order valence-electron chi connectivity index (χ0n) is 13.9. The maximum atomic E-state index is 6.02. The van der Waals surface area contributed by atoms with Crippen LogP contribution in [0.1, 0.15) is 38.8 Å². The number of rotatable bonds is 10. The molecule has 0 bridgehead atoms. The van der Waals surface area contributed by atoms with E-state index >= 15 is 0 Å². The molecule has 0 heterocycles. The first kappa shape index (κ1) is 18.0. The van der Waals surface area contributed by atoms with E-state index in [0.717, 1.165) is 17.7 Å². The molecule has 0 saturated carbocycles. The van der Waals surface area contributed by atoms with Crippen molar-refractivity contribution in [3.63, 3.8) is 0 Å². The van der Waals surface area contributed by atoms with Crippen LogP contribution in [0.25, 0.3) is 0 Å². The number of hydrogen-bond acceptors (Lipinski definition) is 4. The number of nitrogens with one attached hydrogen (secondary N) is 1. The number of hydrogen-bond donors (Lipinski definition) is 1. The Hall–Kier alpha value is -1.10. The van der Waals surface area contributed by atoms with Gasteiger partial charge in [-0.25, -0.2) is 0 Å². The molecule has 2 atom stereocenters. The van der Waals surface area contributed by atoms with Crippen LogP contribution in [-0.4, -0.2) is 39.6 Å². The highest BCUT2D eigenvalue weighted by atomic mass is 16.5. The van der Waals surface area contributed by atoms with Gasteiger partial charge < -0.3 is 19.5 Å². The van der Waals surface area contributed by atoms with Gasteiger partial charge in [-0.15, -0.1) is 0 Å². The molecule has 1 aromatic carbocycles. The second-order valence-electron chi connectivity index (χ2n) is 5.20. The van der Waals surface area contributed by atoms with E-state index < -0.39 is 0 Å². The van der Waals surface area contributed by atoms with E-state index in [0.29, 0.717) is 19.8 Å². The van der Waals surface area contributed by atoms with E-state index in [1.54, 1.807) is 7.11 Å². The molecule has 120 valence electrons. The van der Waals surface area contributed by atoms with Gasteiger partial charge in [0.15, 0.2) is 0 Å². The van der Waals surface area contributed by atoms with Gasteiger partial charge in [0, 0.05) is 19.3 Å². The zero-order valence-corrected chi connectivity index (χ0v) is 13.9. The summed E-state index contributed by atoms with van der Waals surface area (Å²) < 4.78 is 16.9. The van der Waals surface area contributed by atoms with E-state index in [9.17, 15) is 0 Å². The monoisotopic (exact) mass is 295 g/mol. The van der Waals surface area contributed by atoms with Crippen molar-refractivity contribution in [3.8, 4) is 5.75 Å². The fourth-order valence-corrected chi connectivity index (χ4v) is 2.59. The zero-order chi connectivity index (χ0) is 15.7. The van der Waals surface area contributed by atoms with Crippen LogP contribution >= 0.6 is 0 Å². The van der Waals surface area contributed by atoms with Gasteiger partial charge in [-0.3, -0.25) is 0 Å². The summed E-state index contributed by atoms with van der Waals surface area (Å²) >= 11 is 0. The molecular formula is C17H29NO3. The standard InChI is InChI=1S/C17H29NO3/c1-6-17(3,21-7-2)16(18-4)14-10-8-9-11-15(14)20-13-12-19-5/h8-11,16,18H,6-7,12-13H2,1-5H3. The average molecular weight is 295 g/mol. The van der Waals surface area contributed by atoms with Crippen LogP contribution in [0.15, 0.2) is 24.3 Å². The predicted octanol–water partition coefficient (Wildman–Crippen LogP) is 3.18. The van der Waals surface area contributed by atoms with Gasteiger partial charge in [-0.1, -0.05) is 25.1 Å². The number of methoxy groups -OCH3 is 1. The van der Waals surface area contributed by atoms with E-state index in [-0.39, 0.29) is 11.6 Å². The quantitative estimate of drug-likeness (QED) is 0.673. The first-order valence-corrected chi connectivity index (χ1v) is 7.64. The second-order valence-corrected chi connectivity index (χ2v) is 5.20. The first-order chi connectivity index (χ1) is 10.1. The molecule has 0 amide bonds. The molecular weight excluding hydrogens is 266 g/mol. The molecule has 0 aliphatic carbocycles. The summed E-state index contributed by atoms with van der Waals surface area (Å²) in [5.74, 6) is 0.883. The summed E-state index contributed by atoms with van der Waals surface area (Å²) in [6.45, 7) is 8.13. The minimum atomic E-state index is -0.274. The lowest BCUT2D eigenvalue weighted by molar-refractivity contribution is -0.0552. The van der Waals surface area contributed by atoms with Crippen LogP contribution in [0.5, 0.6) is 5.75 Å². The maximum absolute atomic E-state index is 6.02. The third-order valence-electron chi connectivity index (χ3n) is 3.85. The van der Waals surface area contributed by atoms with Gasteiger partial charge >= 0.3 is 0 Å². The summed E-state index contributed by atoms with van der Waals surface area (Å²) in [6.07, 6.45) is 0.915. The topological polar surface area (TPSA) is 39.7 Å². The molecule has 4 nitrogen and oxygen atoms in total. The Labute approximate surface area is 128 Å². The second kappa shape index (κ2) is 9.03. The van der Waals surface area contributed by atoms with Crippen molar-refractivity contribution in [1.82, 2.24) is 5.32 Å². The molecule has 4 heteroatoms. The average Bonchev–Trinajstić information content (AvgIpc) is 2.50. The normalized spacial score (nSPS) is 15.5. The van der Waals surface area contributed by atoms with Gasteiger partial charge in [0.1, 0.15) is 12.4 Å². The van der Waals surface area contributed by atoms with Crippen molar-refractivity contribution < 1.29 is 14.2 Å². The summed E-state index contributed by atoms with van der Waals surface area (Å²) in [4.78, 5) is 0. The smallest absolute Gasteiger partial charge is 0.124 e. The van der Waals surface area contributed by atoms with Gasteiger partial charge in [0.2, 0.25) is 0 Å². The Morgan fingerprint density at radius 2 is 1.90 bits per heavy atom. The van der Waals surface area contributed by atoms with Crippen molar-refractivity contribution in [1.29, 1.82) is 0 Å². The largest absolute Gasteiger partial charge is 0.491 e. The van der Waals surface area contributed by atoms with Crippen molar-refractivity contribution in [2.75, 3.05) is 34.0 Å². The van der Waals surface area contributed by atoms with Crippen LogP contribution in [0.4, 0.5) is 0 Å². The van der Waals surface area contributed by atoms with Crippen molar-refractivity contribution in [2.24, 2.45) is 0 Å². The van der Waals surface area contributed by atoms with E-state index in [1.165, 1.54) is 0 Å². The summed E-state index contributed by atoms with van der Waals surface area (Å²) in [6, 6.07) is 8.18. The number of likely N-dealkylation sites (N-methyl/N-ethyl adjacent to an activating group) is 1. The Balaban J connectivity index is 3.04. The fraction of sp³-hybridized carbons (Fsp3) is 0.647. The van der Waals surface area contributed by atoms with Crippen molar-refractivity contribution in [2.45, 2.75) is 38.8 Å². The van der Waals surface area contributed by atoms with E-state index in [1.807, 2.05) is 32.2 Å². The lowest BCUT2D eigenvalue weighted by Gasteiger charge is -2.37. The fourth-order valence-electron chi connectivity index (χ4n) is 2.59. The highest BCUT2D eigenvalue weighted by molar-refractivity contribution is 5.37. The summed E-state index contributed by atoms with van der Waals surface area (Å²) in [5, 5.41) is 3.39. The Kier molecular flexibility index (Phi) is 7.72. The Bertz CT molecular complexity index is 411. The number of ether oxygens (including phenoxy) is 3. The minimum Gasteiger partial charge on any atom is -0.491 e. The molecule has 1 N–H and O–H groups in total. The van der Waals surface area contributed by atoms with Gasteiger partial charge in [-0.05, 0) is 33.4 Å². The third-order valence-corrected chi connectivity index (χ3v) is 3.85. The lowest BCUT2D eigenvalue weighted by atomic mass is 9.87. The molecule has 0 spiro atoms. The van der Waals surface area contributed by atoms with E-state index in [4.69, 9.17) is 14.2 Å². The molecule has 0 aliphatic rings. The molecule has 1 rings (SSSR count). The highest BCUT2D eigenvalue weighted by Gasteiger charge is 2.35. The third kappa shape index (κ3) is 4.70. The Morgan fingerprint density at radius 1 is 1.19 bits per heavy atom. The van der Waals surface area contributed by atoms with Gasteiger partial charge in [0.05, 0.1) is 18.2 Å². The Morgan fingerprint density at radius 3 is 2.48 bits per heavy atom. The van der Waals surface area contributed by atoms with Crippen LogP contribution in [0.3, 0.4) is 0 Å². The minimum absolute atomic E-state index is 0.0706.